The number of fused-ring (bicyclic) bond motifs is 1. The van der Waals surface area contributed by atoms with Crippen LogP contribution in [0.5, 0.6) is 0 Å². The molecule has 3 aromatic rings. The Labute approximate surface area is 174 Å². The number of hydrogen-bond acceptors (Lipinski definition) is 5. The molecule has 164 valence electrons. The fraction of sp³-hybridized carbons (Fsp3) is 0.381. The summed E-state index contributed by atoms with van der Waals surface area (Å²) in [5.41, 5.74) is -1.30. The van der Waals surface area contributed by atoms with Crippen LogP contribution >= 0.6 is 0 Å². The van der Waals surface area contributed by atoms with Crippen LogP contribution in [0.15, 0.2) is 35.3 Å². The van der Waals surface area contributed by atoms with E-state index in [1.807, 2.05) is 0 Å². The van der Waals surface area contributed by atoms with Gasteiger partial charge in [0.15, 0.2) is 0 Å². The van der Waals surface area contributed by atoms with Gasteiger partial charge in [-0.1, -0.05) is 12.1 Å². The molecule has 1 aliphatic rings. The van der Waals surface area contributed by atoms with Gasteiger partial charge >= 0.3 is 6.18 Å². The van der Waals surface area contributed by atoms with E-state index in [0.29, 0.717) is 48.2 Å². The number of pyridine rings is 1. The van der Waals surface area contributed by atoms with Crippen molar-refractivity contribution < 1.29 is 22.3 Å². The van der Waals surface area contributed by atoms with Gasteiger partial charge in [0.1, 0.15) is 17.5 Å². The van der Waals surface area contributed by atoms with Gasteiger partial charge in [-0.25, -0.2) is 14.4 Å². The molecule has 3 heterocycles. The molecule has 10 heteroatoms. The molecule has 1 aromatic carbocycles. The van der Waals surface area contributed by atoms with Crippen molar-refractivity contribution in [3.8, 4) is 0 Å². The third-order valence-electron chi connectivity index (χ3n) is 5.32. The zero-order valence-electron chi connectivity index (χ0n) is 16.8. The molecule has 0 saturated carbocycles. The minimum Gasteiger partial charge on any atom is -0.379 e. The fourth-order valence-corrected chi connectivity index (χ4v) is 3.76. The highest BCUT2D eigenvalue weighted by molar-refractivity contribution is 5.88. The van der Waals surface area contributed by atoms with Crippen LogP contribution < -0.4 is 10.9 Å². The molecule has 1 N–H and O–H groups in total. The van der Waals surface area contributed by atoms with Crippen LogP contribution in [0.3, 0.4) is 0 Å². The molecule has 0 amide bonds. The number of benzene rings is 1. The molecule has 1 fully saturated rings. The quantitative estimate of drug-likeness (QED) is 0.615. The summed E-state index contributed by atoms with van der Waals surface area (Å²) in [6, 6.07) is 3.62. The number of halogens is 4. The maximum atomic E-state index is 14.6. The van der Waals surface area contributed by atoms with Crippen molar-refractivity contribution in [2.75, 3.05) is 18.5 Å². The highest BCUT2D eigenvalue weighted by Gasteiger charge is 2.35. The van der Waals surface area contributed by atoms with Crippen molar-refractivity contribution in [1.82, 2.24) is 14.5 Å². The van der Waals surface area contributed by atoms with Gasteiger partial charge in [-0.15, -0.1) is 0 Å². The molecule has 2 atom stereocenters. The number of nitrogens with one attached hydrogen (secondary N) is 1. The van der Waals surface area contributed by atoms with Crippen LogP contribution in [0.25, 0.3) is 10.9 Å². The number of aryl methyl sites for hydroxylation is 1. The first-order valence-corrected chi connectivity index (χ1v) is 9.75. The molecular weight excluding hydrogens is 416 g/mol. The Morgan fingerprint density at radius 3 is 2.74 bits per heavy atom. The van der Waals surface area contributed by atoms with Crippen molar-refractivity contribution >= 4 is 16.7 Å². The Balaban J connectivity index is 1.76. The summed E-state index contributed by atoms with van der Waals surface area (Å²) >= 11 is 0. The SMILES string of the molecule is Cc1nc(N[C@H](C)c2cccc(C(F)(F)F)c2F)c2cn([C@@H]3CCOC3)c(=O)cc2n1. The molecule has 31 heavy (non-hydrogen) atoms. The van der Waals surface area contributed by atoms with Crippen LogP contribution in [0.2, 0.25) is 0 Å². The molecule has 4 rings (SSSR count). The minimum atomic E-state index is -4.79. The highest BCUT2D eigenvalue weighted by atomic mass is 19.4. The third kappa shape index (κ3) is 4.12. The van der Waals surface area contributed by atoms with Crippen LogP contribution in [0.1, 0.15) is 42.4 Å². The largest absolute Gasteiger partial charge is 0.419 e. The lowest BCUT2D eigenvalue weighted by atomic mass is 10.0. The molecule has 0 spiro atoms. The van der Waals surface area contributed by atoms with E-state index in [0.717, 1.165) is 0 Å². The van der Waals surface area contributed by atoms with Crippen molar-refractivity contribution in [3.05, 3.63) is 63.6 Å². The average Bonchev–Trinajstić information content (AvgIpc) is 3.21. The van der Waals surface area contributed by atoms with Gasteiger partial charge in [0.25, 0.3) is 5.56 Å². The van der Waals surface area contributed by atoms with Crippen LogP contribution in [-0.2, 0) is 10.9 Å². The normalized spacial score (nSPS) is 17.8. The molecule has 6 nitrogen and oxygen atoms in total. The second-order valence-electron chi connectivity index (χ2n) is 7.53. The number of aromatic nitrogens is 3. The number of rotatable bonds is 4. The van der Waals surface area contributed by atoms with Crippen molar-refractivity contribution in [3.63, 3.8) is 0 Å². The molecule has 0 unspecified atom stereocenters. The first-order chi connectivity index (χ1) is 14.6. The number of hydrogen-bond donors (Lipinski definition) is 1. The van der Waals surface area contributed by atoms with Crippen LogP contribution in [0, 0.1) is 12.7 Å². The topological polar surface area (TPSA) is 69.0 Å². The molecule has 0 radical (unpaired) electrons. The summed E-state index contributed by atoms with van der Waals surface area (Å²) in [6.45, 7) is 4.14. The molecule has 1 saturated heterocycles. The number of alkyl halides is 3. The Morgan fingerprint density at radius 1 is 1.29 bits per heavy atom. The highest BCUT2D eigenvalue weighted by Crippen LogP contribution is 2.35. The number of ether oxygens (including phenoxy) is 1. The monoisotopic (exact) mass is 436 g/mol. The van der Waals surface area contributed by atoms with Gasteiger partial charge in [0, 0.05) is 24.4 Å². The van der Waals surface area contributed by atoms with E-state index in [4.69, 9.17) is 4.74 Å². The first-order valence-electron chi connectivity index (χ1n) is 9.75. The lowest BCUT2D eigenvalue weighted by Crippen LogP contribution is -2.24. The predicted molar refractivity (Wildman–Crippen MR) is 106 cm³/mol. The van der Waals surface area contributed by atoms with E-state index in [2.05, 4.69) is 15.3 Å². The van der Waals surface area contributed by atoms with E-state index in [9.17, 15) is 22.4 Å². The molecule has 2 aromatic heterocycles. The summed E-state index contributed by atoms with van der Waals surface area (Å²) in [5, 5.41) is 3.50. The maximum absolute atomic E-state index is 14.6. The van der Waals surface area contributed by atoms with Gasteiger partial charge in [0.05, 0.1) is 35.2 Å². The predicted octanol–water partition coefficient (Wildman–Crippen LogP) is 4.39. The first kappa shape index (κ1) is 21.2. The number of anilines is 1. The zero-order chi connectivity index (χ0) is 22.3. The standard InChI is InChI=1S/C21H20F4N4O2/c1-11(14-4-3-5-16(19(14)22)21(23,24)25)26-20-15-9-29(13-6-7-31-10-13)18(30)8-17(15)27-12(2)28-20/h3-5,8-9,11,13H,6-7,10H2,1-2H3,(H,26,27,28)/t11-,13-/m1/s1. The van der Waals surface area contributed by atoms with E-state index >= 15 is 0 Å². The van der Waals surface area contributed by atoms with E-state index in [1.54, 1.807) is 24.6 Å². The lowest BCUT2D eigenvalue weighted by Gasteiger charge is -2.20. The molecule has 0 bridgehead atoms. The van der Waals surface area contributed by atoms with Gasteiger partial charge in [0.2, 0.25) is 0 Å². The van der Waals surface area contributed by atoms with Crippen molar-refractivity contribution in [2.24, 2.45) is 0 Å². The van der Waals surface area contributed by atoms with Gasteiger partial charge < -0.3 is 14.6 Å². The van der Waals surface area contributed by atoms with E-state index < -0.39 is 23.6 Å². The van der Waals surface area contributed by atoms with Gasteiger partial charge in [-0.3, -0.25) is 4.79 Å². The fourth-order valence-electron chi connectivity index (χ4n) is 3.76. The maximum Gasteiger partial charge on any atom is 0.419 e. The van der Waals surface area contributed by atoms with Gasteiger partial charge in [-0.05, 0) is 26.3 Å². The van der Waals surface area contributed by atoms with Crippen molar-refractivity contribution in [1.29, 1.82) is 0 Å². The molecule has 0 aliphatic carbocycles. The summed E-state index contributed by atoms with van der Waals surface area (Å²) in [7, 11) is 0. The minimum absolute atomic E-state index is 0.121. The van der Waals surface area contributed by atoms with E-state index in [-0.39, 0.29) is 17.2 Å². The Kier molecular flexibility index (Phi) is 5.42. The Morgan fingerprint density at radius 2 is 2.06 bits per heavy atom. The smallest absolute Gasteiger partial charge is 0.379 e. The third-order valence-corrected chi connectivity index (χ3v) is 5.32. The summed E-state index contributed by atoms with van der Waals surface area (Å²) in [5.74, 6) is -0.655. The van der Waals surface area contributed by atoms with Crippen molar-refractivity contribution in [2.45, 2.75) is 38.5 Å². The van der Waals surface area contributed by atoms with Crippen LogP contribution in [0.4, 0.5) is 23.4 Å². The second kappa shape index (κ2) is 7.92. The summed E-state index contributed by atoms with van der Waals surface area (Å²) < 4.78 is 60.8. The zero-order valence-corrected chi connectivity index (χ0v) is 16.8. The van der Waals surface area contributed by atoms with Gasteiger partial charge in [-0.2, -0.15) is 13.2 Å². The average molecular weight is 436 g/mol. The Bertz CT molecular complexity index is 1190. The Hall–Kier alpha value is -3.01. The van der Waals surface area contributed by atoms with E-state index in [1.165, 1.54) is 18.2 Å². The number of nitrogens with zero attached hydrogens (tertiary/aromatic N) is 3. The van der Waals surface area contributed by atoms with Crippen LogP contribution in [-0.4, -0.2) is 27.7 Å². The molecule has 1 aliphatic heterocycles. The second-order valence-corrected chi connectivity index (χ2v) is 7.53. The summed E-state index contributed by atoms with van der Waals surface area (Å²) in [6.07, 6.45) is -2.49. The summed E-state index contributed by atoms with van der Waals surface area (Å²) in [4.78, 5) is 21.2. The lowest BCUT2D eigenvalue weighted by molar-refractivity contribution is -0.140. The molecular formula is C21H20F4N4O2.